The summed E-state index contributed by atoms with van der Waals surface area (Å²) in [6, 6.07) is 5.85. The minimum absolute atomic E-state index is 0.143. The molecule has 90 valence electrons. The lowest BCUT2D eigenvalue weighted by Gasteiger charge is -2.22. The van der Waals surface area contributed by atoms with Crippen LogP contribution in [0.15, 0.2) is 18.2 Å². The summed E-state index contributed by atoms with van der Waals surface area (Å²) in [7, 11) is 1.96. The molecule has 0 amide bonds. The lowest BCUT2D eigenvalue weighted by atomic mass is 10.1. The molecule has 0 saturated heterocycles. The second-order valence-corrected chi connectivity index (χ2v) is 4.07. The maximum atomic E-state index is 8.94. The van der Waals surface area contributed by atoms with Gasteiger partial charge in [-0.1, -0.05) is 24.6 Å². The second-order valence-electron chi connectivity index (χ2n) is 3.66. The van der Waals surface area contributed by atoms with Crippen molar-refractivity contribution in [1.29, 1.82) is 0 Å². The molecule has 0 atom stereocenters. The molecule has 0 fully saturated rings. The molecule has 0 heterocycles. The van der Waals surface area contributed by atoms with Gasteiger partial charge in [-0.2, -0.15) is 0 Å². The van der Waals surface area contributed by atoms with Crippen molar-refractivity contribution < 1.29 is 5.11 Å². The lowest BCUT2D eigenvalue weighted by molar-refractivity contribution is 0.304. The van der Waals surface area contributed by atoms with Gasteiger partial charge in [0.2, 0.25) is 0 Å². The van der Waals surface area contributed by atoms with E-state index in [1.165, 1.54) is 0 Å². The molecule has 0 bridgehead atoms. The van der Waals surface area contributed by atoms with Gasteiger partial charge in [0.1, 0.15) is 0 Å². The molecule has 0 aliphatic carbocycles. The topological polar surface area (TPSA) is 35.5 Å². The van der Waals surface area contributed by atoms with Crippen LogP contribution in [0.25, 0.3) is 0 Å². The van der Waals surface area contributed by atoms with Gasteiger partial charge in [0.25, 0.3) is 0 Å². The maximum Gasteiger partial charge on any atom is 0.0606 e. The van der Waals surface area contributed by atoms with E-state index in [1.54, 1.807) is 0 Å². The third kappa shape index (κ3) is 3.37. The molecule has 0 aliphatic heterocycles. The summed E-state index contributed by atoms with van der Waals surface area (Å²) < 4.78 is 0. The van der Waals surface area contributed by atoms with E-state index >= 15 is 0 Å². The molecule has 2 N–H and O–H groups in total. The highest BCUT2D eigenvalue weighted by Gasteiger charge is 2.09. The zero-order valence-electron chi connectivity index (χ0n) is 9.83. The molecule has 1 rings (SSSR count). The third-order valence-electron chi connectivity index (χ3n) is 2.49. The second kappa shape index (κ2) is 6.74. The molecule has 4 heteroatoms. The molecule has 0 spiro atoms. The van der Waals surface area contributed by atoms with E-state index in [0.717, 1.165) is 29.4 Å². The number of halogens is 1. The molecule has 0 aliphatic rings. The Morgan fingerprint density at radius 2 is 2.19 bits per heavy atom. The van der Waals surface area contributed by atoms with Crippen LogP contribution in [0.4, 0.5) is 5.69 Å². The van der Waals surface area contributed by atoms with Crippen LogP contribution in [0.1, 0.15) is 12.5 Å². The third-order valence-corrected chi connectivity index (χ3v) is 2.85. The van der Waals surface area contributed by atoms with Gasteiger partial charge in [0, 0.05) is 36.4 Å². The van der Waals surface area contributed by atoms with Crippen molar-refractivity contribution in [1.82, 2.24) is 5.32 Å². The predicted octanol–water partition coefficient (Wildman–Crippen LogP) is 1.88. The first kappa shape index (κ1) is 13.3. The van der Waals surface area contributed by atoms with Crippen LogP contribution in [-0.4, -0.2) is 31.9 Å². The number of nitrogens with one attached hydrogen (secondary N) is 1. The van der Waals surface area contributed by atoms with Crippen molar-refractivity contribution in [3.63, 3.8) is 0 Å². The Bertz CT molecular complexity index is 331. The van der Waals surface area contributed by atoms with Gasteiger partial charge in [-0.3, -0.25) is 0 Å². The number of rotatable bonds is 6. The van der Waals surface area contributed by atoms with E-state index in [1.807, 2.05) is 30.1 Å². The van der Waals surface area contributed by atoms with E-state index in [9.17, 15) is 0 Å². The molecule has 16 heavy (non-hydrogen) atoms. The maximum absolute atomic E-state index is 8.94. The van der Waals surface area contributed by atoms with Crippen molar-refractivity contribution in [2.45, 2.75) is 13.5 Å². The molecule has 0 saturated carbocycles. The smallest absolute Gasteiger partial charge is 0.0606 e. The average Bonchev–Trinajstić information content (AvgIpc) is 2.27. The van der Waals surface area contributed by atoms with E-state index in [0.29, 0.717) is 6.54 Å². The van der Waals surface area contributed by atoms with Crippen molar-refractivity contribution in [3.05, 3.63) is 28.8 Å². The lowest BCUT2D eigenvalue weighted by Crippen LogP contribution is -2.24. The Kier molecular flexibility index (Phi) is 5.60. The normalized spacial score (nSPS) is 10.5. The van der Waals surface area contributed by atoms with Crippen LogP contribution >= 0.6 is 11.6 Å². The molecule has 0 radical (unpaired) electrons. The fourth-order valence-corrected chi connectivity index (χ4v) is 1.84. The van der Waals surface area contributed by atoms with Crippen molar-refractivity contribution in [2.75, 3.05) is 31.6 Å². The van der Waals surface area contributed by atoms with Crippen LogP contribution in [0, 0.1) is 0 Å². The van der Waals surface area contributed by atoms with Crippen LogP contribution < -0.4 is 10.2 Å². The van der Waals surface area contributed by atoms with Gasteiger partial charge in [-0.25, -0.2) is 0 Å². The van der Waals surface area contributed by atoms with Crippen molar-refractivity contribution in [2.24, 2.45) is 0 Å². The average molecular weight is 243 g/mol. The number of aliphatic hydroxyl groups excluding tert-OH is 1. The summed E-state index contributed by atoms with van der Waals surface area (Å²) in [4.78, 5) is 2.01. The highest BCUT2D eigenvalue weighted by molar-refractivity contribution is 6.31. The largest absolute Gasteiger partial charge is 0.395 e. The van der Waals surface area contributed by atoms with Gasteiger partial charge in [0.05, 0.1) is 6.61 Å². The van der Waals surface area contributed by atoms with Gasteiger partial charge in [-0.15, -0.1) is 0 Å². The Labute approximate surface area is 102 Å². The standard InChI is InChI=1S/C12H19ClN2O/c1-3-14-9-10-11(13)5-4-6-12(10)15(2)7-8-16/h4-6,14,16H,3,7-9H2,1-2H3. The number of hydrogen-bond donors (Lipinski definition) is 2. The van der Waals surface area contributed by atoms with Gasteiger partial charge >= 0.3 is 0 Å². The van der Waals surface area contributed by atoms with Crippen molar-refractivity contribution in [3.8, 4) is 0 Å². The number of benzene rings is 1. The SMILES string of the molecule is CCNCc1c(Cl)cccc1N(C)CCO. The van der Waals surface area contributed by atoms with E-state index in [4.69, 9.17) is 16.7 Å². The zero-order chi connectivity index (χ0) is 12.0. The van der Waals surface area contributed by atoms with Crippen molar-refractivity contribution >= 4 is 17.3 Å². The molecule has 0 aromatic heterocycles. The fourth-order valence-electron chi connectivity index (χ4n) is 1.60. The molecule has 3 nitrogen and oxygen atoms in total. The number of nitrogens with zero attached hydrogens (tertiary/aromatic N) is 1. The first-order chi connectivity index (χ1) is 7.70. The van der Waals surface area contributed by atoms with Crippen LogP contribution in [0.3, 0.4) is 0 Å². The Balaban J connectivity index is 2.92. The van der Waals surface area contributed by atoms with Gasteiger partial charge < -0.3 is 15.3 Å². The van der Waals surface area contributed by atoms with Crippen LogP contribution in [-0.2, 0) is 6.54 Å². The van der Waals surface area contributed by atoms with Gasteiger partial charge in [0.15, 0.2) is 0 Å². The summed E-state index contributed by atoms with van der Waals surface area (Å²) in [6.45, 7) is 4.48. The fraction of sp³-hybridized carbons (Fsp3) is 0.500. The minimum Gasteiger partial charge on any atom is -0.395 e. The first-order valence-corrected chi connectivity index (χ1v) is 5.88. The van der Waals surface area contributed by atoms with Crippen LogP contribution in [0.5, 0.6) is 0 Å². The highest BCUT2D eigenvalue weighted by Crippen LogP contribution is 2.26. The summed E-state index contributed by atoms with van der Waals surface area (Å²) in [5.74, 6) is 0. The van der Waals surface area contributed by atoms with E-state index in [2.05, 4.69) is 12.2 Å². The summed E-state index contributed by atoms with van der Waals surface area (Å²) in [6.07, 6.45) is 0. The summed E-state index contributed by atoms with van der Waals surface area (Å²) in [5, 5.41) is 13.0. The predicted molar refractivity (Wildman–Crippen MR) is 69.2 cm³/mol. The quantitative estimate of drug-likeness (QED) is 0.800. The molecule has 0 unspecified atom stereocenters. The van der Waals surface area contributed by atoms with Gasteiger partial charge in [-0.05, 0) is 18.7 Å². The highest BCUT2D eigenvalue weighted by atomic mass is 35.5. The monoisotopic (exact) mass is 242 g/mol. The van der Waals surface area contributed by atoms with E-state index in [-0.39, 0.29) is 6.61 Å². The minimum atomic E-state index is 0.143. The van der Waals surface area contributed by atoms with Crippen LogP contribution in [0.2, 0.25) is 5.02 Å². The summed E-state index contributed by atoms with van der Waals surface area (Å²) >= 11 is 6.18. The Morgan fingerprint density at radius 3 is 2.81 bits per heavy atom. The molecular weight excluding hydrogens is 224 g/mol. The number of aliphatic hydroxyl groups is 1. The number of anilines is 1. The van der Waals surface area contributed by atoms with E-state index < -0.39 is 0 Å². The Morgan fingerprint density at radius 1 is 1.44 bits per heavy atom. The number of likely N-dealkylation sites (N-methyl/N-ethyl adjacent to an activating group) is 1. The molecule has 1 aromatic carbocycles. The summed E-state index contributed by atoms with van der Waals surface area (Å²) in [5.41, 5.74) is 2.16. The zero-order valence-corrected chi connectivity index (χ0v) is 10.6. The Hall–Kier alpha value is -0.770. The molecular formula is C12H19ClN2O. The molecule has 1 aromatic rings. The number of hydrogen-bond acceptors (Lipinski definition) is 3. The first-order valence-electron chi connectivity index (χ1n) is 5.50.